The molecule has 0 saturated carbocycles. The molecule has 0 saturated heterocycles. The van der Waals surface area contributed by atoms with Crippen LogP contribution in [-0.2, 0) is 0 Å². The number of hydrogen-bond acceptors (Lipinski definition) is 2. The molecule has 2 heteroatoms. The van der Waals surface area contributed by atoms with Gasteiger partial charge in [-0.3, -0.25) is 4.79 Å². The summed E-state index contributed by atoms with van der Waals surface area (Å²) in [5, 5.41) is 0. The van der Waals surface area contributed by atoms with Gasteiger partial charge in [-0.2, -0.15) is 0 Å². The van der Waals surface area contributed by atoms with Crippen molar-refractivity contribution >= 4 is 12.0 Å². The number of aldehydes is 1. The molecule has 0 fully saturated rings. The lowest BCUT2D eigenvalue weighted by Crippen LogP contribution is -2.49. The molecule has 1 aliphatic heterocycles. The van der Waals surface area contributed by atoms with E-state index < -0.39 is 0 Å². The Labute approximate surface area is 116 Å². The SMILES string of the molecule is CC(C)CN1c2ccc(C=O)cc2[C@H](C)CC1(C)C. The lowest BCUT2D eigenvalue weighted by Gasteiger charge is -2.48. The molecule has 1 aliphatic rings. The van der Waals surface area contributed by atoms with Gasteiger partial charge in [0.25, 0.3) is 0 Å². The highest BCUT2D eigenvalue weighted by Gasteiger charge is 2.36. The molecule has 0 spiro atoms. The van der Waals surface area contributed by atoms with Crippen molar-refractivity contribution in [1.82, 2.24) is 0 Å². The highest BCUT2D eigenvalue weighted by atomic mass is 16.1. The van der Waals surface area contributed by atoms with Gasteiger partial charge in [0.1, 0.15) is 6.29 Å². The van der Waals surface area contributed by atoms with Gasteiger partial charge in [0.05, 0.1) is 0 Å². The zero-order valence-corrected chi connectivity index (χ0v) is 12.7. The second-order valence-corrected chi connectivity index (χ2v) is 6.86. The normalized spacial score (nSPS) is 21.4. The van der Waals surface area contributed by atoms with Gasteiger partial charge >= 0.3 is 0 Å². The van der Waals surface area contributed by atoms with Gasteiger partial charge in [0.2, 0.25) is 0 Å². The van der Waals surface area contributed by atoms with Crippen LogP contribution in [0.2, 0.25) is 0 Å². The third-order valence-corrected chi connectivity index (χ3v) is 4.09. The lowest BCUT2D eigenvalue weighted by atomic mass is 9.79. The monoisotopic (exact) mass is 259 g/mol. The highest BCUT2D eigenvalue weighted by molar-refractivity contribution is 5.77. The molecule has 0 amide bonds. The van der Waals surface area contributed by atoms with Crippen molar-refractivity contribution in [3.63, 3.8) is 0 Å². The molecule has 0 aliphatic carbocycles. The molecule has 2 rings (SSSR count). The Morgan fingerprint density at radius 1 is 1.42 bits per heavy atom. The summed E-state index contributed by atoms with van der Waals surface area (Å²) < 4.78 is 0. The molecule has 1 aromatic carbocycles. The zero-order chi connectivity index (χ0) is 14.2. The lowest BCUT2D eigenvalue weighted by molar-refractivity contribution is 0.112. The van der Waals surface area contributed by atoms with Gasteiger partial charge in [-0.15, -0.1) is 0 Å². The number of rotatable bonds is 3. The predicted octanol–water partition coefficient (Wildman–Crippen LogP) is 4.25. The van der Waals surface area contributed by atoms with E-state index in [2.05, 4.69) is 51.7 Å². The van der Waals surface area contributed by atoms with Crippen LogP contribution in [0.4, 0.5) is 5.69 Å². The molecule has 0 radical (unpaired) electrons. The number of fused-ring (bicyclic) bond motifs is 1. The number of benzene rings is 1. The molecule has 1 aromatic rings. The predicted molar refractivity (Wildman–Crippen MR) is 81.1 cm³/mol. The van der Waals surface area contributed by atoms with Gasteiger partial charge in [0, 0.05) is 23.3 Å². The van der Waals surface area contributed by atoms with Crippen LogP contribution in [0.3, 0.4) is 0 Å². The first-order chi connectivity index (χ1) is 8.85. The highest BCUT2D eigenvalue weighted by Crippen LogP contribution is 2.43. The summed E-state index contributed by atoms with van der Waals surface area (Å²) >= 11 is 0. The second-order valence-electron chi connectivity index (χ2n) is 6.86. The minimum Gasteiger partial charge on any atom is -0.366 e. The van der Waals surface area contributed by atoms with Crippen molar-refractivity contribution in [2.24, 2.45) is 5.92 Å². The maximum atomic E-state index is 11.0. The van der Waals surface area contributed by atoms with Crippen LogP contribution in [0.25, 0.3) is 0 Å². The summed E-state index contributed by atoms with van der Waals surface area (Å²) in [5.74, 6) is 1.14. The smallest absolute Gasteiger partial charge is 0.150 e. The third kappa shape index (κ3) is 2.68. The minimum atomic E-state index is 0.180. The molecule has 1 atom stereocenters. The molecule has 104 valence electrons. The fraction of sp³-hybridized carbons (Fsp3) is 0.588. The quantitative estimate of drug-likeness (QED) is 0.756. The van der Waals surface area contributed by atoms with Crippen LogP contribution in [0.1, 0.15) is 62.9 Å². The Bertz CT molecular complexity index is 476. The number of anilines is 1. The van der Waals surface area contributed by atoms with E-state index in [1.807, 2.05) is 6.07 Å². The van der Waals surface area contributed by atoms with Gasteiger partial charge in [-0.25, -0.2) is 0 Å². The molecule has 0 N–H and O–H groups in total. The van der Waals surface area contributed by atoms with Crippen LogP contribution < -0.4 is 4.90 Å². The molecular weight excluding hydrogens is 234 g/mol. The van der Waals surface area contributed by atoms with Gasteiger partial charge in [-0.05, 0) is 55.9 Å². The summed E-state index contributed by atoms with van der Waals surface area (Å²) in [4.78, 5) is 13.5. The van der Waals surface area contributed by atoms with E-state index in [4.69, 9.17) is 0 Å². The minimum absolute atomic E-state index is 0.180. The molecule has 0 aromatic heterocycles. The standard InChI is InChI=1S/C17H25NO/c1-12(2)10-18-16-7-6-14(11-19)8-15(16)13(3)9-17(18,4)5/h6-8,11-13H,9-10H2,1-5H3/t13-/m1/s1. The van der Waals surface area contributed by atoms with E-state index in [0.29, 0.717) is 11.8 Å². The first-order valence-corrected chi connectivity index (χ1v) is 7.22. The van der Waals surface area contributed by atoms with E-state index >= 15 is 0 Å². The third-order valence-electron chi connectivity index (χ3n) is 4.09. The van der Waals surface area contributed by atoms with Crippen molar-refractivity contribution in [3.8, 4) is 0 Å². The second kappa shape index (κ2) is 4.99. The maximum absolute atomic E-state index is 11.0. The van der Waals surface area contributed by atoms with E-state index in [9.17, 15) is 4.79 Å². The fourth-order valence-electron chi connectivity index (χ4n) is 3.29. The van der Waals surface area contributed by atoms with Gasteiger partial charge < -0.3 is 4.90 Å². The molecular formula is C17H25NO. The first kappa shape index (κ1) is 14.1. The summed E-state index contributed by atoms with van der Waals surface area (Å²) in [6.07, 6.45) is 2.08. The van der Waals surface area contributed by atoms with E-state index in [1.165, 1.54) is 11.3 Å². The maximum Gasteiger partial charge on any atom is 0.150 e. The number of hydrogen-bond donors (Lipinski definition) is 0. The average Bonchev–Trinajstić information content (AvgIpc) is 2.33. The largest absolute Gasteiger partial charge is 0.366 e. The Hall–Kier alpha value is -1.31. The molecule has 0 bridgehead atoms. The Kier molecular flexibility index (Phi) is 3.71. The van der Waals surface area contributed by atoms with E-state index in [1.54, 1.807) is 0 Å². The number of carbonyl (C=O) groups is 1. The fourth-order valence-corrected chi connectivity index (χ4v) is 3.29. The Balaban J connectivity index is 2.49. The van der Waals surface area contributed by atoms with Crippen LogP contribution in [-0.4, -0.2) is 18.4 Å². The van der Waals surface area contributed by atoms with Crippen LogP contribution >= 0.6 is 0 Å². The van der Waals surface area contributed by atoms with Crippen molar-refractivity contribution < 1.29 is 4.79 Å². The molecule has 2 nitrogen and oxygen atoms in total. The van der Waals surface area contributed by atoms with Crippen molar-refractivity contribution in [2.45, 2.75) is 52.5 Å². The number of carbonyl (C=O) groups excluding carboxylic acids is 1. The average molecular weight is 259 g/mol. The van der Waals surface area contributed by atoms with Crippen molar-refractivity contribution in [1.29, 1.82) is 0 Å². The van der Waals surface area contributed by atoms with Crippen molar-refractivity contribution in [2.75, 3.05) is 11.4 Å². The van der Waals surface area contributed by atoms with Crippen molar-refractivity contribution in [3.05, 3.63) is 29.3 Å². The van der Waals surface area contributed by atoms with E-state index in [0.717, 1.165) is 24.8 Å². The molecule has 1 heterocycles. The summed E-state index contributed by atoms with van der Waals surface area (Å²) in [6.45, 7) is 12.5. The van der Waals surface area contributed by atoms with Crippen LogP contribution in [0, 0.1) is 5.92 Å². The summed E-state index contributed by atoms with van der Waals surface area (Å²) in [5.41, 5.74) is 3.60. The van der Waals surface area contributed by atoms with E-state index in [-0.39, 0.29) is 5.54 Å². The van der Waals surface area contributed by atoms with Crippen LogP contribution in [0.5, 0.6) is 0 Å². The molecule has 19 heavy (non-hydrogen) atoms. The van der Waals surface area contributed by atoms with Gasteiger partial charge in [0.15, 0.2) is 0 Å². The zero-order valence-electron chi connectivity index (χ0n) is 12.7. The van der Waals surface area contributed by atoms with Crippen LogP contribution in [0.15, 0.2) is 18.2 Å². The Morgan fingerprint density at radius 3 is 2.68 bits per heavy atom. The summed E-state index contributed by atoms with van der Waals surface area (Å²) in [6, 6.07) is 6.13. The number of nitrogens with zero attached hydrogens (tertiary/aromatic N) is 1. The molecule has 0 unspecified atom stereocenters. The summed E-state index contributed by atoms with van der Waals surface area (Å²) in [7, 11) is 0. The van der Waals surface area contributed by atoms with Gasteiger partial charge in [-0.1, -0.05) is 20.8 Å². The topological polar surface area (TPSA) is 20.3 Å². The first-order valence-electron chi connectivity index (χ1n) is 7.22. The Morgan fingerprint density at radius 2 is 2.11 bits per heavy atom.